The fraction of sp³-hybridized carbons (Fsp3) is 0.583. The standard InChI is InChI=1S/C12H16BrNOS/c13-10-2-5-16-11(10)6-9(15)7-12(8-14)3-1-4-12/h2,5H,1,3-4,6-8,14H2. The fourth-order valence-corrected chi connectivity index (χ4v) is 3.76. The van der Waals surface area contributed by atoms with Crippen molar-refractivity contribution >= 4 is 33.0 Å². The third kappa shape index (κ3) is 2.55. The number of Topliss-reactive ketones (excluding diaryl/α,β-unsaturated/α-hetero) is 1. The Hall–Kier alpha value is -0.190. The van der Waals surface area contributed by atoms with Gasteiger partial charge in [0.15, 0.2) is 0 Å². The highest BCUT2D eigenvalue weighted by Crippen LogP contribution is 2.43. The van der Waals surface area contributed by atoms with Crippen LogP contribution in [0.2, 0.25) is 0 Å². The predicted molar refractivity (Wildman–Crippen MR) is 70.7 cm³/mol. The minimum Gasteiger partial charge on any atom is -0.330 e. The van der Waals surface area contributed by atoms with Crippen molar-refractivity contribution < 1.29 is 4.79 Å². The highest BCUT2D eigenvalue weighted by atomic mass is 79.9. The first-order chi connectivity index (χ1) is 7.65. The second kappa shape index (κ2) is 4.98. The van der Waals surface area contributed by atoms with E-state index >= 15 is 0 Å². The van der Waals surface area contributed by atoms with E-state index in [2.05, 4.69) is 15.9 Å². The third-order valence-corrected chi connectivity index (χ3v) is 5.39. The predicted octanol–water partition coefficient (Wildman–Crippen LogP) is 3.14. The molecule has 0 aliphatic heterocycles. The van der Waals surface area contributed by atoms with Crippen LogP contribution in [0, 0.1) is 5.41 Å². The quantitative estimate of drug-likeness (QED) is 0.908. The summed E-state index contributed by atoms with van der Waals surface area (Å²) in [6.45, 7) is 0.657. The Morgan fingerprint density at radius 2 is 2.31 bits per heavy atom. The molecule has 1 aromatic rings. The van der Waals surface area contributed by atoms with Crippen molar-refractivity contribution in [1.29, 1.82) is 0 Å². The van der Waals surface area contributed by atoms with E-state index in [9.17, 15) is 4.79 Å². The molecule has 0 saturated heterocycles. The van der Waals surface area contributed by atoms with Gasteiger partial charge >= 0.3 is 0 Å². The Morgan fingerprint density at radius 3 is 2.75 bits per heavy atom. The van der Waals surface area contributed by atoms with E-state index in [4.69, 9.17) is 5.73 Å². The van der Waals surface area contributed by atoms with Crippen LogP contribution in [-0.2, 0) is 11.2 Å². The molecule has 1 fully saturated rings. The van der Waals surface area contributed by atoms with Gasteiger partial charge < -0.3 is 5.73 Å². The molecule has 16 heavy (non-hydrogen) atoms. The lowest BCUT2D eigenvalue weighted by molar-refractivity contribution is -0.121. The van der Waals surface area contributed by atoms with Gasteiger partial charge in [-0.1, -0.05) is 6.42 Å². The van der Waals surface area contributed by atoms with Gasteiger partial charge in [-0.25, -0.2) is 0 Å². The highest BCUT2D eigenvalue weighted by molar-refractivity contribution is 9.10. The number of nitrogens with two attached hydrogens (primary N) is 1. The van der Waals surface area contributed by atoms with Crippen molar-refractivity contribution in [3.8, 4) is 0 Å². The molecule has 0 unspecified atom stereocenters. The SMILES string of the molecule is NCC1(CC(=O)Cc2sccc2Br)CCC1. The molecule has 2 N–H and O–H groups in total. The van der Waals surface area contributed by atoms with E-state index in [0.29, 0.717) is 25.2 Å². The summed E-state index contributed by atoms with van der Waals surface area (Å²) in [5, 5.41) is 2.01. The molecule has 2 rings (SSSR count). The zero-order valence-electron chi connectivity index (χ0n) is 9.17. The molecule has 1 aliphatic carbocycles. The number of hydrogen-bond donors (Lipinski definition) is 1. The van der Waals surface area contributed by atoms with E-state index in [1.54, 1.807) is 11.3 Å². The molecule has 0 amide bonds. The van der Waals surface area contributed by atoms with Crippen LogP contribution in [0.4, 0.5) is 0 Å². The molecule has 1 aliphatic rings. The molecule has 1 aromatic heterocycles. The zero-order valence-corrected chi connectivity index (χ0v) is 11.6. The van der Waals surface area contributed by atoms with Crippen LogP contribution in [0.3, 0.4) is 0 Å². The molecule has 0 spiro atoms. The fourth-order valence-electron chi connectivity index (χ4n) is 2.24. The van der Waals surface area contributed by atoms with Gasteiger partial charge in [0.2, 0.25) is 0 Å². The number of rotatable bonds is 5. The average molecular weight is 302 g/mol. The van der Waals surface area contributed by atoms with Gasteiger partial charge in [-0.05, 0) is 52.2 Å². The highest BCUT2D eigenvalue weighted by Gasteiger charge is 2.37. The second-order valence-corrected chi connectivity index (χ2v) is 6.50. The summed E-state index contributed by atoms with van der Waals surface area (Å²) in [7, 11) is 0. The Morgan fingerprint density at radius 1 is 1.56 bits per heavy atom. The molecule has 0 atom stereocenters. The molecular formula is C12H16BrNOS. The minimum absolute atomic E-state index is 0.140. The Balaban J connectivity index is 1.92. The Bertz CT molecular complexity index is 379. The van der Waals surface area contributed by atoms with E-state index in [-0.39, 0.29) is 5.41 Å². The summed E-state index contributed by atoms with van der Waals surface area (Å²) in [5.74, 6) is 0.327. The van der Waals surface area contributed by atoms with Crippen LogP contribution in [0.15, 0.2) is 15.9 Å². The summed E-state index contributed by atoms with van der Waals surface area (Å²) < 4.78 is 1.06. The molecule has 0 aromatic carbocycles. The summed E-state index contributed by atoms with van der Waals surface area (Å²) in [4.78, 5) is 13.1. The van der Waals surface area contributed by atoms with Crippen LogP contribution < -0.4 is 5.73 Å². The first-order valence-electron chi connectivity index (χ1n) is 5.59. The van der Waals surface area contributed by atoms with Gasteiger partial charge in [-0.2, -0.15) is 0 Å². The molecule has 4 heteroatoms. The first kappa shape index (κ1) is 12.3. The van der Waals surface area contributed by atoms with Gasteiger partial charge in [0.25, 0.3) is 0 Å². The number of carbonyl (C=O) groups is 1. The van der Waals surface area contributed by atoms with Crippen LogP contribution >= 0.6 is 27.3 Å². The van der Waals surface area contributed by atoms with Gasteiger partial charge in [0.1, 0.15) is 5.78 Å². The largest absolute Gasteiger partial charge is 0.330 e. The number of ketones is 1. The van der Waals surface area contributed by atoms with Crippen LogP contribution in [-0.4, -0.2) is 12.3 Å². The molecule has 0 bridgehead atoms. The van der Waals surface area contributed by atoms with Crippen LogP contribution in [0.1, 0.15) is 30.6 Å². The average Bonchev–Trinajstić information content (AvgIpc) is 2.58. The van der Waals surface area contributed by atoms with Crippen molar-refractivity contribution in [3.63, 3.8) is 0 Å². The van der Waals surface area contributed by atoms with E-state index in [1.165, 1.54) is 6.42 Å². The lowest BCUT2D eigenvalue weighted by atomic mass is 9.66. The summed E-state index contributed by atoms with van der Waals surface area (Å²) in [6, 6.07) is 2.00. The van der Waals surface area contributed by atoms with Crippen molar-refractivity contribution in [2.75, 3.05) is 6.54 Å². The van der Waals surface area contributed by atoms with Crippen LogP contribution in [0.5, 0.6) is 0 Å². The number of hydrogen-bond acceptors (Lipinski definition) is 3. The normalized spacial score (nSPS) is 18.1. The van der Waals surface area contributed by atoms with Crippen molar-refractivity contribution in [1.82, 2.24) is 0 Å². The summed E-state index contributed by atoms with van der Waals surface area (Å²) in [6.07, 6.45) is 4.70. The van der Waals surface area contributed by atoms with Crippen molar-refractivity contribution in [3.05, 3.63) is 20.8 Å². The topological polar surface area (TPSA) is 43.1 Å². The summed E-state index contributed by atoms with van der Waals surface area (Å²) in [5.41, 5.74) is 5.90. The number of carbonyl (C=O) groups excluding carboxylic acids is 1. The van der Waals surface area contributed by atoms with Gasteiger partial charge in [0.05, 0.1) is 0 Å². The minimum atomic E-state index is 0.140. The number of thiophene rings is 1. The second-order valence-electron chi connectivity index (χ2n) is 4.64. The Labute approximate surface area is 108 Å². The molecule has 2 nitrogen and oxygen atoms in total. The molecule has 1 saturated carbocycles. The zero-order chi connectivity index (χ0) is 11.6. The maximum atomic E-state index is 12.0. The third-order valence-electron chi connectivity index (χ3n) is 3.47. The molecule has 1 heterocycles. The lowest BCUT2D eigenvalue weighted by Gasteiger charge is -2.40. The van der Waals surface area contributed by atoms with E-state index in [0.717, 1.165) is 22.2 Å². The van der Waals surface area contributed by atoms with Crippen molar-refractivity contribution in [2.24, 2.45) is 11.1 Å². The van der Waals surface area contributed by atoms with Gasteiger partial charge in [-0.15, -0.1) is 11.3 Å². The molecule has 88 valence electrons. The first-order valence-corrected chi connectivity index (χ1v) is 7.26. The summed E-state index contributed by atoms with van der Waals surface area (Å²) >= 11 is 5.09. The van der Waals surface area contributed by atoms with Gasteiger partial charge in [0, 0.05) is 22.2 Å². The molecule has 0 radical (unpaired) electrons. The Kier molecular flexibility index (Phi) is 3.82. The number of halogens is 1. The maximum absolute atomic E-state index is 12.0. The van der Waals surface area contributed by atoms with E-state index in [1.807, 2.05) is 11.4 Å². The van der Waals surface area contributed by atoms with Crippen molar-refractivity contribution in [2.45, 2.75) is 32.1 Å². The smallest absolute Gasteiger partial charge is 0.138 e. The maximum Gasteiger partial charge on any atom is 0.138 e. The lowest BCUT2D eigenvalue weighted by Crippen LogP contribution is -2.39. The monoisotopic (exact) mass is 301 g/mol. The molecular weight excluding hydrogens is 286 g/mol. The van der Waals surface area contributed by atoms with Crippen LogP contribution in [0.25, 0.3) is 0 Å². The van der Waals surface area contributed by atoms with E-state index < -0.39 is 0 Å². The van der Waals surface area contributed by atoms with Gasteiger partial charge in [-0.3, -0.25) is 4.79 Å².